The summed E-state index contributed by atoms with van der Waals surface area (Å²) in [7, 11) is 0. The zero-order chi connectivity index (χ0) is 21.4. The molecule has 0 bridgehead atoms. The van der Waals surface area contributed by atoms with Crippen LogP contribution < -0.4 is 5.32 Å². The molecule has 0 aliphatic rings. The van der Waals surface area contributed by atoms with Crippen molar-refractivity contribution in [1.82, 2.24) is 10.2 Å². The number of amides is 2. The number of halogens is 1. The lowest BCUT2D eigenvalue weighted by molar-refractivity contribution is -0.385. The number of nitrogens with zero attached hydrogens (tertiary/aromatic N) is 2. The fourth-order valence-electron chi connectivity index (χ4n) is 3.10. The van der Waals surface area contributed by atoms with E-state index in [4.69, 9.17) is 11.6 Å². The van der Waals surface area contributed by atoms with Gasteiger partial charge in [-0.2, -0.15) is 0 Å². The molecule has 8 heteroatoms. The van der Waals surface area contributed by atoms with Gasteiger partial charge >= 0.3 is 0 Å². The van der Waals surface area contributed by atoms with Gasteiger partial charge in [0.1, 0.15) is 6.04 Å². The second kappa shape index (κ2) is 10.6. The number of rotatable bonds is 9. The van der Waals surface area contributed by atoms with Crippen LogP contribution in [0.4, 0.5) is 5.69 Å². The number of nitro benzene ring substituents is 1. The highest BCUT2D eigenvalue weighted by Crippen LogP contribution is 2.21. The van der Waals surface area contributed by atoms with Crippen LogP contribution in [0.3, 0.4) is 0 Å². The first-order valence-electron chi connectivity index (χ1n) is 9.41. The Kier molecular flexibility index (Phi) is 8.15. The molecule has 0 aliphatic heterocycles. The third-order valence-corrected chi connectivity index (χ3v) is 4.79. The van der Waals surface area contributed by atoms with Gasteiger partial charge in [0.15, 0.2) is 0 Å². The maximum atomic E-state index is 13.2. The summed E-state index contributed by atoms with van der Waals surface area (Å²) >= 11 is 5.94. The lowest BCUT2D eigenvalue weighted by Crippen LogP contribution is -2.49. The number of carbonyl (C=O) groups is 2. The van der Waals surface area contributed by atoms with E-state index in [1.165, 1.54) is 11.0 Å². The number of carbonyl (C=O) groups excluding carboxylic acids is 2. The number of hydrogen-bond donors (Lipinski definition) is 1. The molecule has 1 atom stereocenters. The molecule has 2 rings (SSSR count). The van der Waals surface area contributed by atoms with Crippen molar-refractivity contribution in [3.05, 3.63) is 74.8 Å². The predicted octanol–water partition coefficient (Wildman–Crippen LogP) is 3.73. The molecule has 0 saturated carbocycles. The SMILES string of the molecule is CCNC(=O)[C@@H](CC)N(Cc1ccc(Cl)cc1)C(=O)Cc1ccccc1[N+](=O)[O-]. The Hall–Kier alpha value is -2.93. The van der Waals surface area contributed by atoms with Crippen molar-refractivity contribution in [3.8, 4) is 0 Å². The first-order valence-corrected chi connectivity index (χ1v) is 9.79. The van der Waals surface area contributed by atoms with E-state index in [9.17, 15) is 19.7 Å². The Morgan fingerprint density at radius 2 is 1.79 bits per heavy atom. The van der Waals surface area contributed by atoms with Crippen molar-refractivity contribution in [2.75, 3.05) is 6.54 Å². The normalized spacial score (nSPS) is 11.6. The van der Waals surface area contributed by atoms with Crippen LogP contribution in [0, 0.1) is 10.1 Å². The molecule has 154 valence electrons. The van der Waals surface area contributed by atoms with Crippen LogP contribution in [-0.2, 0) is 22.6 Å². The summed E-state index contributed by atoms with van der Waals surface area (Å²) < 4.78 is 0. The zero-order valence-corrected chi connectivity index (χ0v) is 17.2. The summed E-state index contributed by atoms with van der Waals surface area (Å²) in [6.07, 6.45) is 0.253. The Labute approximate surface area is 174 Å². The number of nitrogens with one attached hydrogen (secondary N) is 1. The molecule has 0 aliphatic carbocycles. The molecule has 2 aromatic rings. The molecule has 2 amide bonds. The second-order valence-electron chi connectivity index (χ2n) is 6.53. The molecule has 7 nitrogen and oxygen atoms in total. The monoisotopic (exact) mass is 417 g/mol. The Balaban J connectivity index is 2.34. The van der Waals surface area contributed by atoms with Crippen LogP contribution in [0.5, 0.6) is 0 Å². The first kappa shape index (κ1) is 22.4. The molecule has 0 unspecified atom stereocenters. The van der Waals surface area contributed by atoms with E-state index < -0.39 is 11.0 Å². The highest BCUT2D eigenvalue weighted by atomic mass is 35.5. The number of likely N-dealkylation sites (N-methyl/N-ethyl adjacent to an activating group) is 1. The molecule has 2 aromatic carbocycles. The van der Waals surface area contributed by atoms with Gasteiger partial charge in [-0.05, 0) is 31.0 Å². The second-order valence-corrected chi connectivity index (χ2v) is 6.97. The minimum absolute atomic E-state index is 0.113. The van der Waals surface area contributed by atoms with E-state index >= 15 is 0 Å². The molecule has 29 heavy (non-hydrogen) atoms. The summed E-state index contributed by atoms with van der Waals surface area (Å²) in [4.78, 5) is 38.0. The van der Waals surface area contributed by atoms with E-state index in [1.807, 2.05) is 13.8 Å². The predicted molar refractivity (Wildman–Crippen MR) is 112 cm³/mol. The summed E-state index contributed by atoms with van der Waals surface area (Å²) in [6.45, 7) is 4.28. The molecule has 0 heterocycles. The fourth-order valence-corrected chi connectivity index (χ4v) is 3.23. The maximum Gasteiger partial charge on any atom is 0.273 e. The van der Waals surface area contributed by atoms with E-state index in [1.54, 1.807) is 42.5 Å². The average Bonchev–Trinajstić information content (AvgIpc) is 2.69. The van der Waals surface area contributed by atoms with Crippen molar-refractivity contribution >= 4 is 29.1 Å². The molecule has 0 saturated heterocycles. The summed E-state index contributed by atoms with van der Waals surface area (Å²) in [5.41, 5.74) is 1.01. The zero-order valence-electron chi connectivity index (χ0n) is 16.4. The minimum Gasteiger partial charge on any atom is -0.355 e. The number of nitro groups is 1. The minimum atomic E-state index is -0.680. The van der Waals surface area contributed by atoms with E-state index in [0.717, 1.165) is 5.56 Å². The molecular weight excluding hydrogens is 394 g/mol. The van der Waals surface area contributed by atoms with Gasteiger partial charge in [0.2, 0.25) is 11.8 Å². The molecule has 0 aromatic heterocycles. The fraction of sp³-hybridized carbons (Fsp3) is 0.333. The third-order valence-electron chi connectivity index (χ3n) is 4.53. The summed E-state index contributed by atoms with van der Waals surface area (Å²) in [5, 5.41) is 14.6. The van der Waals surface area contributed by atoms with Crippen LogP contribution in [0.2, 0.25) is 5.02 Å². The largest absolute Gasteiger partial charge is 0.355 e. The van der Waals surface area contributed by atoms with Gasteiger partial charge in [-0.25, -0.2) is 0 Å². The van der Waals surface area contributed by atoms with E-state index in [2.05, 4.69) is 5.32 Å². The molecule has 0 spiro atoms. The van der Waals surface area contributed by atoms with Crippen LogP contribution in [-0.4, -0.2) is 34.2 Å². The van der Waals surface area contributed by atoms with Crippen molar-refractivity contribution in [1.29, 1.82) is 0 Å². The summed E-state index contributed by atoms with van der Waals surface area (Å²) in [5.74, 6) is -0.604. The smallest absolute Gasteiger partial charge is 0.273 e. The van der Waals surface area contributed by atoms with Gasteiger partial charge in [-0.3, -0.25) is 19.7 Å². The van der Waals surface area contributed by atoms with Crippen LogP contribution in [0.25, 0.3) is 0 Å². The van der Waals surface area contributed by atoms with Gasteiger partial charge in [0.05, 0.1) is 11.3 Å². The van der Waals surface area contributed by atoms with Gasteiger partial charge in [-0.1, -0.05) is 48.9 Å². The number of para-hydroxylation sites is 1. The Morgan fingerprint density at radius 3 is 2.38 bits per heavy atom. The van der Waals surface area contributed by atoms with Crippen LogP contribution in [0.15, 0.2) is 48.5 Å². The number of benzene rings is 2. The quantitative estimate of drug-likeness (QED) is 0.497. The summed E-state index contributed by atoms with van der Waals surface area (Å²) in [6, 6.07) is 12.5. The van der Waals surface area contributed by atoms with E-state index in [0.29, 0.717) is 23.6 Å². The lowest BCUT2D eigenvalue weighted by Gasteiger charge is -2.30. The third kappa shape index (κ3) is 6.02. The van der Waals surface area contributed by atoms with Gasteiger partial charge < -0.3 is 10.2 Å². The molecule has 1 N–H and O–H groups in total. The lowest BCUT2D eigenvalue weighted by atomic mass is 10.1. The van der Waals surface area contributed by atoms with Crippen molar-refractivity contribution in [3.63, 3.8) is 0 Å². The Bertz CT molecular complexity index is 870. The number of hydrogen-bond acceptors (Lipinski definition) is 4. The van der Waals surface area contributed by atoms with Gasteiger partial charge in [0.25, 0.3) is 5.69 Å². The Morgan fingerprint density at radius 1 is 1.14 bits per heavy atom. The highest BCUT2D eigenvalue weighted by Gasteiger charge is 2.29. The first-order chi connectivity index (χ1) is 13.9. The van der Waals surface area contributed by atoms with Crippen LogP contribution in [0.1, 0.15) is 31.4 Å². The molecule has 0 fully saturated rings. The van der Waals surface area contributed by atoms with Crippen molar-refractivity contribution < 1.29 is 14.5 Å². The van der Waals surface area contributed by atoms with Crippen molar-refractivity contribution in [2.24, 2.45) is 0 Å². The molecule has 0 radical (unpaired) electrons. The van der Waals surface area contributed by atoms with Crippen LogP contribution >= 0.6 is 11.6 Å². The average molecular weight is 418 g/mol. The standard InChI is InChI=1S/C21H24ClN3O4/c1-3-18(21(27)23-4-2)24(14-15-9-11-17(22)12-10-15)20(26)13-16-7-5-6-8-19(16)25(28)29/h5-12,18H,3-4,13-14H2,1-2H3,(H,23,27)/t18-/m1/s1. The highest BCUT2D eigenvalue weighted by molar-refractivity contribution is 6.30. The van der Waals surface area contributed by atoms with Crippen molar-refractivity contribution in [2.45, 2.75) is 39.3 Å². The van der Waals surface area contributed by atoms with Gasteiger partial charge in [-0.15, -0.1) is 0 Å². The molecular formula is C21H24ClN3O4. The van der Waals surface area contributed by atoms with E-state index in [-0.39, 0.29) is 30.5 Å². The maximum absolute atomic E-state index is 13.2. The van der Waals surface area contributed by atoms with Gasteiger partial charge in [0, 0.05) is 29.7 Å². The topological polar surface area (TPSA) is 92.6 Å².